The van der Waals surface area contributed by atoms with Crippen LogP contribution in [0, 0.1) is 6.92 Å². The van der Waals surface area contributed by atoms with E-state index in [1.807, 2.05) is 45.0 Å². The maximum absolute atomic E-state index is 11.9. The monoisotopic (exact) mass is 293 g/mol. The minimum Gasteiger partial charge on any atom is -0.494 e. The van der Waals surface area contributed by atoms with Crippen molar-refractivity contribution in [3.63, 3.8) is 0 Å². The molecule has 0 radical (unpaired) electrons. The first kappa shape index (κ1) is 17.5. The van der Waals surface area contributed by atoms with Gasteiger partial charge in [-0.1, -0.05) is 31.5 Å². The number of hydrogen-bond acceptors (Lipinski definition) is 3. The van der Waals surface area contributed by atoms with Crippen molar-refractivity contribution in [2.75, 3.05) is 13.2 Å². The maximum Gasteiger partial charge on any atom is 0.220 e. The Hall–Kier alpha value is -1.55. The summed E-state index contributed by atoms with van der Waals surface area (Å²) >= 11 is 0. The lowest BCUT2D eigenvalue weighted by Crippen LogP contribution is -2.50. The molecule has 0 saturated heterocycles. The second-order valence-corrected chi connectivity index (χ2v) is 5.46. The van der Waals surface area contributed by atoms with Crippen LogP contribution in [0.3, 0.4) is 0 Å². The van der Waals surface area contributed by atoms with Crippen molar-refractivity contribution < 1.29 is 14.6 Å². The molecule has 0 aliphatic heterocycles. The third-order valence-electron chi connectivity index (χ3n) is 3.90. The Kier molecular flexibility index (Phi) is 7.23. The molecule has 0 saturated carbocycles. The minimum atomic E-state index is -0.477. The normalized spacial score (nSPS) is 11.2. The fourth-order valence-corrected chi connectivity index (χ4v) is 2.11. The Morgan fingerprint density at radius 1 is 1.24 bits per heavy atom. The molecule has 1 rings (SSSR count). The molecule has 0 atom stereocenters. The van der Waals surface area contributed by atoms with E-state index < -0.39 is 5.54 Å². The lowest BCUT2D eigenvalue weighted by atomic mass is 9.93. The van der Waals surface area contributed by atoms with E-state index >= 15 is 0 Å². The smallest absolute Gasteiger partial charge is 0.220 e. The summed E-state index contributed by atoms with van der Waals surface area (Å²) in [5, 5.41) is 12.4. The van der Waals surface area contributed by atoms with Gasteiger partial charge in [-0.2, -0.15) is 0 Å². The van der Waals surface area contributed by atoms with Crippen LogP contribution >= 0.6 is 0 Å². The van der Waals surface area contributed by atoms with E-state index in [0.717, 1.165) is 18.6 Å². The standard InChI is InChI=1S/C17H27NO3/c1-4-17(5-2,13-19)18-16(20)7-6-12-21-15-10-8-14(3)9-11-15/h8-11,19H,4-7,12-13H2,1-3H3,(H,18,20). The molecule has 2 N–H and O–H groups in total. The lowest BCUT2D eigenvalue weighted by Gasteiger charge is -2.30. The van der Waals surface area contributed by atoms with Gasteiger partial charge >= 0.3 is 0 Å². The Morgan fingerprint density at radius 3 is 2.38 bits per heavy atom. The highest BCUT2D eigenvalue weighted by atomic mass is 16.5. The molecular weight excluding hydrogens is 266 g/mol. The molecule has 1 aromatic rings. The molecule has 0 heterocycles. The average Bonchev–Trinajstić information content (AvgIpc) is 2.51. The number of ether oxygens (including phenoxy) is 1. The number of aliphatic hydroxyl groups is 1. The highest BCUT2D eigenvalue weighted by molar-refractivity contribution is 5.76. The number of rotatable bonds is 9. The van der Waals surface area contributed by atoms with Crippen LogP contribution in [-0.4, -0.2) is 29.8 Å². The van der Waals surface area contributed by atoms with Crippen molar-refractivity contribution in [1.82, 2.24) is 5.32 Å². The number of benzene rings is 1. The summed E-state index contributed by atoms with van der Waals surface area (Å²) < 4.78 is 5.59. The van der Waals surface area contributed by atoms with Crippen molar-refractivity contribution in [1.29, 1.82) is 0 Å². The molecule has 4 heteroatoms. The molecule has 1 aromatic carbocycles. The molecule has 0 bridgehead atoms. The third-order valence-corrected chi connectivity index (χ3v) is 3.90. The molecule has 0 spiro atoms. The van der Waals surface area contributed by atoms with Crippen LogP contribution in [-0.2, 0) is 4.79 Å². The second-order valence-electron chi connectivity index (χ2n) is 5.46. The highest BCUT2D eigenvalue weighted by Crippen LogP contribution is 2.15. The summed E-state index contributed by atoms with van der Waals surface area (Å²) in [5.41, 5.74) is 0.718. The quantitative estimate of drug-likeness (QED) is 0.688. The SMILES string of the molecule is CCC(CC)(CO)NC(=O)CCCOc1ccc(C)cc1. The highest BCUT2D eigenvalue weighted by Gasteiger charge is 2.26. The molecule has 0 aromatic heterocycles. The van der Waals surface area contributed by atoms with Crippen molar-refractivity contribution in [3.05, 3.63) is 29.8 Å². The van der Waals surface area contributed by atoms with Gasteiger partial charge in [0, 0.05) is 6.42 Å². The molecular formula is C17H27NO3. The van der Waals surface area contributed by atoms with Gasteiger partial charge in [-0.05, 0) is 38.3 Å². The van der Waals surface area contributed by atoms with Gasteiger partial charge in [0.1, 0.15) is 5.75 Å². The van der Waals surface area contributed by atoms with Crippen molar-refractivity contribution in [2.24, 2.45) is 0 Å². The van der Waals surface area contributed by atoms with Crippen LogP contribution in [0.25, 0.3) is 0 Å². The summed E-state index contributed by atoms with van der Waals surface area (Å²) in [6.07, 6.45) is 2.53. The van der Waals surface area contributed by atoms with Crippen LogP contribution in [0.4, 0.5) is 0 Å². The Morgan fingerprint density at radius 2 is 1.86 bits per heavy atom. The Labute approximate surface area is 127 Å². The lowest BCUT2D eigenvalue weighted by molar-refractivity contribution is -0.124. The number of nitrogens with one attached hydrogen (secondary N) is 1. The van der Waals surface area contributed by atoms with Gasteiger partial charge in [0.05, 0.1) is 18.8 Å². The first-order valence-electron chi connectivity index (χ1n) is 7.66. The van der Waals surface area contributed by atoms with E-state index in [0.29, 0.717) is 19.4 Å². The molecule has 4 nitrogen and oxygen atoms in total. The third kappa shape index (κ3) is 5.76. The number of hydrogen-bond donors (Lipinski definition) is 2. The minimum absolute atomic E-state index is 0.0222. The van der Waals surface area contributed by atoms with E-state index in [1.54, 1.807) is 0 Å². The fraction of sp³-hybridized carbons (Fsp3) is 0.588. The number of aliphatic hydroxyl groups excluding tert-OH is 1. The first-order chi connectivity index (χ1) is 10.0. The van der Waals surface area contributed by atoms with Crippen LogP contribution in [0.2, 0.25) is 0 Å². The fourth-order valence-electron chi connectivity index (χ4n) is 2.11. The molecule has 0 fully saturated rings. The van der Waals surface area contributed by atoms with Crippen LogP contribution < -0.4 is 10.1 Å². The summed E-state index contributed by atoms with van der Waals surface area (Å²) in [5.74, 6) is 0.799. The molecule has 21 heavy (non-hydrogen) atoms. The topological polar surface area (TPSA) is 58.6 Å². The van der Waals surface area contributed by atoms with Crippen molar-refractivity contribution in [2.45, 2.75) is 52.0 Å². The molecule has 118 valence electrons. The van der Waals surface area contributed by atoms with Crippen LogP contribution in [0.5, 0.6) is 5.75 Å². The first-order valence-corrected chi connectivity index (χ1v) is 7.66. The summed E-state index contributed by atoms with van der Waals surface area (Å²) in [4.78, 5) is 11.9. The summed E-state index contributed by atoms with van der Waals surface area (Å²) in [6.45, 7) is 6.47. The number of aryl methyl sites for hydroxylation is 1. The number of amides is 1. The van der Waals surface area contributed by atoms with Gasteiger partial charge in [-0.15, -0.1) is 0 Å². The van der Waals surface area contributed by atoms with E-state index in [9.17, 15) is 9.90 Å². The van der Waals surface area contributed by atoms with E-state index in [2.05, 4.69) is 5.32 Å². The average molecular weight is 293 g/mol. The summed E-state index contributed by atoms with van der Waals surface area (Å²) in [7, 11) is 0. The predicted octanol–water partition coefficient (Wildman–Crippen LogP) is 2.82. The van der Waals surface area contributed by atoms with Gasteiger partial charge in [0.15, 0.2) is 0 Å². The van der Waals surface area contributed by atoms with Crippen LogP contribution in [0.15, 0.2) is 24.3 Å². The van der Waals surface area contributed by atoms with Gasteiger partial charge < -0.3 is 15.2 Å². The largest absolute Gasteiger partial charge is 0.494 e. The van der Waals surface area contributed by atoms with Gasteiger partial charge in [0.25, 0.3) is 0 Å². The van der Waals surface area contributed by atoms with E-state index in [-0.39, 0.29) is 12.5 Å². The molecule has 0 unspecified atom stereocenters. The predicted molar refractivity (Wildman–Crippen MR) is 84.4 cm³/mol. The number of carbonyl (C=O) groups excluding carboxylic acids is 1. The van der Waals surface area contributed by atoms with Crippen LogP contribution in [0.1, 0.15) is 45.1 Å². The zero-order chi connectivity index (χ0) is 15.7. The molecule has 0 aliphatic carbocycles. The zero-order valence-corrected chi connectivity index (χ0v) is 13.3. The second kappa shape index (κ2) is 8.67. The van der Waals surface area contributed by atoms with E-state index in [1.165, 1.54) is 5.56 Å². The Balaban J connectivity index is 2.28. The maximum atomic E-state index is 11.9. The Bertz CT molecular complexity index is 416. The van der Waals surface area contributed by atoms with E-state index in [4.69, 9.17) is 4.74 Å². The van der Waals surface area contributed by atoms with Crippen molar-refractivity contribution >= 4 is 5.91 Å². The van der Waals surface area contributed by atoms with Gasteiger partial charge in [-0.25, -0.2) is 0 Å². The number of carbonyl (C=O) groups is 1. The van der Waals surface area contributed by atoms with Gasteiger partial charge in [-0.3, -0.25) is 4.79 Å². The summed E-state index contributed by atoms with van der Waals surface area (Å²) in [6, 6.07) is 7.86. The zero-order valence-electron chi connectivity index (χ0n) is 13.3. The molecule has 0 aliphatic rings. The van der Waals surface area contributed by atoms with Gasteiger partial charge in [0.2, 0.25) is 5.91 Å². The van der Waals surface area contributed by atoms with Crippen molar-refractivity contribution in [3.8, 4) is 5.75 Å². The molecule has 1 amide bonds.